The van der Waals surface area contributed by atoms with E-state index in [1.165, 1.54) is 30.2 Å². The molecule has 3 aromatic carbocycles. The number of likely N-dealkylation sites (N-methyl/N-ethyl adjacent to an activating group) is 1. The zero-order chi connectivity index (χ0) is 24.9. The highest BCUT2D eigenvalue weighted by molar-refractivity contribution is 7.92. The van der Waals surface area contributed by atoms with Gasteiger partial charge in [0.15, 0.2) is 0 Å². The van der Waals surface area contributed by atoms with E-state index in [1.54, 1.807) is 43.3 Å². The zero-order valence-corrected chi connectivity index (χ0v) is 20.0. The molecule has 3 rings (SSSR count). The Kier molecular flexibility index (Phi) is 7.75. The lowest BCUT2D eigenvalue weighted by molar-refractivity contribution is -0.384. The average molecular weight is 504 g/mol. The molecule has 0 unspecified atom stereocenters. The molecule has 1 amide bonds. The number of methoxy groups -OCH3 is 1. The van der Waals surface area contributed by atoms with Crippen molar-refractivity contribution in [2.45, 2.75) is 11.8 Å². The summed E-state index contributed by atoms with van der Waals surface area (Å²) < 4.78 is 33.3. The van der Waals surface area contributed by atoms with Gasteiger partial charge in [0, 0.05) is 18.3 Å². The molecule has 0 spiro atoms. The van der Waals surface area contributed by atoms with Gasteiger partial charge < -0.3 is 9.64 Å². The Labute approximate surface area is 202 Å². The summed E-state index contributed by atoms with van der Waals surface area (Å²) in [6.45, 7) is 1.55. The van der Waals surface area contributed by atoms with E-state index in [1.807, 2.05) is 6.07 Å². The quantitative estimate of drug-likeness (QED) is 0.314. The lowest BCUT2D eigenvalue weighted by atomic mass is 10.2. The van der Waals surface area contributed by atoms with Crippen LogP contribution in [-0.2, 0) is 14.8 Å². The SMILES string of the molecule is CCN(C(=O)CN(c1ccc(OC)cc1)S(=O)(=O)c1ccc(Cl)c([N+](=O)[O-])c1)c1ccccc1. The van der Waals surface area contributed by atoms with E-state index in [9.17, 15) is 23.3 Å². The molecule has 0 aliphatic heterocycles. The molecule has 11 heteroatoms. The molecule has 0 N–H and O–H groups in total. The Bertz CT molecular complexity index is 1280. The van der Waals surface area contributed by atoms with Crippen LogP contribution in [0.1, 0.15) is 6.92 Å². The highest BCUT2D eigenvalue weighted by Gasteiger charge is 2.31. The summed E-state index contributed by atoms with van der Waals surface area (Å²) in [4.78, 5) is 24.9. The maximum Gasteiger partial charge on any atom is 0.289 e. The molecule has 0 heterocycles. The van der Waals surface area contributed by atoms with Gasteiger partial charge in [0.25, 0.3) is 15.7 Å². The molecule has 0 saturated heterocycles. The van der Waals surface area contributed by atoms with Crippen molar-refractivity contribution in [2.24, 2.45) is 0 Å². The zero-order valence-electron chi connectivity index (χ0n) is 18.4. The van der Waals surface area contributed by atoms with Crippen molar-refractivity contribution in [3.63, 3.8) is 0 Å². The number of hydrogen-bond donors (Lipinski definition) is 0. The van der Waals surface area contributed by atoms with Gasteiger partial charge in [0.05, 0.1) is 22.6 Å². The second-order valence-corrected chi connectivity index (χ2v) is 9.32. The Morgan fingerprint density at radius 2 is 1.68 bits per heavy atom. The molecule has 0 aromatic heterocycles. The first-order chi connectivity index (χ1) is 16.2. The van der Waals surface area contributed by atoms with Crippen LogP contribution in [0, 0.1) is 10.1 Å². The maximum atomic E-state index is 13.6. The lowest BCUT2D eigenvalue weighted by Gasteiger charge is -2.28. The van der Waals surface area contributed by atoms with Crippen molar-refractivity contribution in [1.82, 2.24) is 0 Å². The number of sulfonamides is 1. The van der Waals surface area contributed by atoms with Crippen LogP contribution in [0.5, 0.6) is 5.75 Å². The molecule has 0 saturated carbocycles. The number of rotatable bonds is 9. The van der Waals surface area contributed by atoms with Gasteiger partial charge in [0.2, 0.25) is 5.91 Å². The van der Waals surface area contributed by atoms with Gasteiger partial charge in [-0.2, -0.15) is 0 Å². The van der Waals surface area contributed by atoms with E-state index in [-0.39, 0.29) is 15.6 Å². The van der Waals surface area contributed by atoms with E-state index in [2.05, 4.69) is 0 Å². The number of ether oxygens (including phenoxy) is 1. The van der Waals surface area contributed by atoms with Crippen LogP contribution in [0.15, 0.2) is 77.7 Å². The first kappa shape index (κ1) is 25.0. The number of amides is 1. The van der Waals surface area contributed by atoms with Gasteiger partial charge in [0.1, 0.15) is 17.3 Å². The number of carbonyl (C=O) groups is 1. The smallest absolute Gasteiger partial charge is 0.289 e. The summed E-state index contributed by atoms with van der Waals surface area (Å²) in [5.41, 5.74) is 0.253. The fraction of sp³-hybridized carbons (Fsp3) is 0.174. The number of nitrogens with zero attached hydrogens (tertiary/aromatic N) is 3. The maximum absolute atomic E-state index is 13.6. The summed E-state index contributed by atoms with van der Waals surface area (Å²) in [5.74, 6) is 0.0191. The number of para-hydroxylation sites is 1. The van der Waals surface area contributed by atoms with Crippen LogP contribution in [0.2, 0.25) is 5.02 Å². The van der Waals surface area contributed by atoms with Crippen LogP contribution < -0.4 is 13.9 Å². The topological polar surface area (TPSA) is 110 Å². The number of benzene rings is 3. The number of nitro groups is 1. The summed E-state index contributed by atoms with van der Waals surface area (Å²) in [7, 11) is -2.91. The average Bonchev–Trinajstić information content (AvgIpc) is 2.83. The molecule has 0 fully saturated rings. The number of anilines is 2. The van der Waals surface area contributed by atoms with Crippen molar-refractivity contribution < 1.29 is 22.9 Å². The fourth-order valence-corrected chi connectivity index (χ4v) is 4.92. The summed E-state index contributed by atoms with van der Waals surface area (Å²) >= 11 is 5.86. The second kappa shape index (κ2) is 10.5. The standard InChI is InChI=1S/C23H22ClN3O6S/c1-3-25(17-7-5-4-6-8-17)23(28)16-26(18-9-11-19(33-2)12-10-18)34(31,32)20-13-14-21(24)22(15-20)27(29)30/h4-15H,3,16H2,1-2H3. The Morgan fingerprint density at radius 1 is 1.03 bits per heavy atom. The van der Waals surface area contributed by atoms with Gasteiger partial charge >= 0.3 is 0 Å². The summed E-state index contributed by atoms with van der Waals surface area (Å²) in [6.07, 6.45) is 0. The van der Waals surface area contributed by atoms with Gasteiger partial charge in [-0.3, -0.25) is 19.2 Å². The minimum absolute atomic E-state index is 0.191. The van der Waals surface area contributed by atoms with Crippen LogP contribution in [0.25, 0.3) is 0 Å². The molecule has 178 valence electrons. The summed E-state index contributed by atoms with van der Waals surface area (Å²) in [6, 6.07) is 18.1. The monoisotopic (exact) mass is 503 g/mol. The number of nitro benzene ring substituents is 1. The third kappa shape index (κ3) is 5.29. The third-order valence-corrected chi connectivity index (χ3v) is 7.12. The van der Waals surface area contributed by atoms with E-state index in [4.69, 9.17) is 16.3 Å². The van der Waals surface area contributed by atoms with Crippen molar-refractivity contribution >= 4 is 44.6 Å². The highest BCUT2D eigenvalue weighted by atomic mass is 35.5. The number of halogens is 1. The Morgan fingerprint density at radius 3 is 2.24 bits per heavy atom. The van der Waals surface area contributed by atoms with Crippen molar-refractivity contribution in [3.05, 3.63) is 87.9 Å². The van der Waals surface area contributed by atoms with Crippen molar-refractivity contribution in [3.8, 4) is 5.75 Å². The third-order valence-electron chi connectivity index (χ3n) is 5.03. The van der Waals surface area contributed by atoms with Gasteiger partial charge in [-0.05, 0) is 55.5 Å². The molecule has 0 atom stereocenters. The first-order valence-electron chi connectivity index (χ1n) is 10.1. The summed E-state index contributed by atoms with van der Waals surface area (Å²) in [5, 5.41) is 11.1. The minimum atomic E-state index is -4.38. The molecule has 0 aliphatic carbocycles. The fourth-order valence-electron chi connectivity index (χ4n) is 3.30. The first-order valence-corrected chi connectivity index (χ1v) is 12.0. The van der Waals surface area contributed by atoms with Gasteiger partial charge in [-0.15, -0.1) is 0 Å². The second-order valence-electron chi connectivity index (χ2n) is 7.05. The van der Waals surface area contributed by atoms with Gasteiger partial charge in [-0.1, -0.05) is 29.8 Å². The highest BCUT2D eigenvalue weighted by Crippen LogP contribution is 2.31. The van der Waals surface area contributed by atoms with E-state index >= 15 is 0 Å². The molecular weight excluding hydrogens is 482 g/mol. The van der Waals surface area contributed by atoms with Crippen LogP contribution in [-0.4, -0.2) is 39.4 Å². The van der Waals surface area contributed by atoms with Crippen LogP contribution >= 0.6 is 11.6 Å². The molecule has 3 aromatic rings. The Hall–Kier alpha value is -3.63. The normalized spacial score (nSPS) is 11.0. The molecule has 34 heavy (non-hydrogen) atoms. The van der Waals surface area contributed by atoms with Crippen molar-refractivity contribution in [2.75, 3.05) is 29.4 Å². The molecule has 0 radical (unpaired) electrons. The molecule has 0 bridgehead atoms. The molecule has 0 aliphatic rings. The van der Waals surface area contributed by atoms with Crippen LogP contribution in [0.3, 0.4) is 0 Å². The predicted octanol–water partition coefficient (Wildman–Crippen LogP) is 4.51. The number of hydrogen-bond acceptors (Lipinski definition) is 6. The minimum Gasteiger partial charge on any atom is -0.497 e. The van der Waals surface area contributed by atoms with Gasteiger partial charge in [-0.25, -0.2) is 8.42 Å². The molecule has 9 nitrogen and oxygen atoms in total. The van der Waals surface area contributed by atoms with E-state index in [0.29, 0.717) is 18.0 Å². The predicted molar refractivity (Wildman–Crippen MR) is 130 cm³/mol. The Balaban J connectivity index is 2.07. The lowest BCUT2D eigenvalue weighted by Crippen LogP contribution is -2.43. The number of carbonyl (C=O) groups excluding carboxylic acids is 1. The van der Waals surface area contributed by atoms with E-state index in [0.717, 1.165) is 16.4 Å². The largest absolute Gasteiger partial charge is 0.497 e. The van der Waals surface area contributed by atoms with Crippen molar-refractivity contribution in [1.29, 1.82) is 0 Å². The van der Waals surface area contributed by atoms with E-state index < -0.39 is 33.1 Å². The van der Waals surface area contributed by atoms with Crippen LogP contribution in [0.4, 0.5) is 17.1 Å². The molecular formula is C23H22ClN3O6S.